The summed E-state index contributed by atoms with van der Waals surface area (Å²) in [4.78, 5) is 12.4. The molecule has 0 aliphatic carbocycles. The van der Waals surface area contributed by atoms with E-state index in [4.69, 9.17) is 25.7 Å². The zero-order valence-electron chi connectivity index (χ0n) is 15.6. The SMILES string of the molecule is C#Cc1ccc([C@@H]2C=C(C(=O)NCCOC)O[C@H](OCCCCO)C2)cc1. The number of amides is 1. The average Bonchev–Trinajstić information content (AvgIpc) is 2.71. The van der Waals surface area contributed by atoms with E-state index in [1.165, 1.54) is 0 Å². The zero-order valence-corrected chi connectivity index (χ0v) is 15.6. The molecule has 2 rings (SSSR count). The average molecular weight is 373 g/mol. The van der Waals surface area contributed by atoms with Crippen molar-refractivity contribution in [3.05, 3.63) is 47.2 Å². The largest absolute Gasteiger partial charge is 0.459 e. The van der Waals surface area contributed by atoms with Crippen molar-refractivity contribution in [1.82, 2.24) is 5.32 Å². The minimum atomic E-state index is -0.519. The van der Waals surface area contributed by atoms with Gasteiger partial charge in [-0.2, -0.15) is 0 Å². The number of hydrogen-bond donors (Lipinski definition) is 2. The molecule has 2 atom stereocenters. The molecule has 2 N–H and O–H groups in total. The summed E-state index contributed by atoms with van der Waals surface area (Å²) in [5, 5.41) is 11.6. The number of aliphatic hydroxyl groups is 1. The van der Waals surface area contributed by atoms with Crippen molar-refractivity contribution in [2.24, 2.45) is 0 Å². The van der Waals surface area contributed by atoms with Gasteiger partial charge in [-0.15, -0.1) is 6.42 Å². The van der Waals surface area contributed by atoms with Gasteiger partial charge in [-0.05, 0) is 36.6 Å². The first-order chi connectivity index (χ1) is 13.2. The summed E-state index contributed by atoms with van der Waals surface area (Å²) >= 11 is 0. The van der Waals surface area contributed by atoms with Crippen LogP contribution >= 0.6 is 0 Å². The van der Waals surface area contributed by atoms with Crippen LogP contribution in [0.1, 0.15) is 36.3 Å². The van der Waals surface area contributed by atoms with Crippen LogP contribution in [0.5, 0.6) is 0 Å². The van der Waals surface area contributed by atoms with Gasteiger partial charge in [0.2, 0.25) is 6.29 Å². The molecule has 1 aliphatic rings. The van der Waals surface area contributed by atoms with Gasteiger partial charge in [0, 0.05) is 38.2 Å². The Morgan fingerprint density at radius 3 is 2.78 bits per heavy atom. The second-order valence-corrected chi connectivity index (χ2v) is 6.24. The van der Waals surface area contributed by atoms with Crippen molar-refractivity contribution in [3.8, 4) is 12.3 Å². The predicted molar refractivity (Wildman–Crippen MR) is 102 cm³/mol. The lowest BCUT2D eigenvalue weighted by atomic mass is 9.92. The van der Waals surface area contributed by atoms with Crippen molar-refractivity contribution in [2.75, 3.05) is 33.5 Å². The van der Waals surface area contributed by atoms with Gasteiger partial charge in [-0.3, -0.25) is 4.79 Å². The highest BCUT2D eigenvalue weighted by Crippen LogP contribution is 2.31. The molecule has 1 amide bonds. The van der Waals surface area contributed by atoms with E-state index in [1.54, 1.807) is 7.11 Å². The van der Waals surface area contributed by atoms with Gasteiger partial charge in [0.1, 0.15) is 0 Å². The fourth-order valence-electron chi connectivity index (χ4n) is 2.76. The summed E-state index contributed by atoms with van der Waals surface area (Å²) in [6.07, 6.45) is 8.72. The van der Waals surface area contributed by atoms with Gasteiger partial charge in [0.25, 0.3) is 5.91 Å². The molecular formula is C21H27NO5. The molecule has 146 valence electrons. The number of hydrogen-bond acceptors (Lipinski definition) is 5. The third-order valence-corrected chi connectivity index (χ3v) is 4.23. The monoisotopic (exact) mass is 373 g/mol. The number of benzene rings is 1. The summed E-state index contributed by atoms with van der Waals surface area (Å²) in [5.74, 6) is 2.54. The molecule has 6 heteroatoms. The van der Waals surface area contributed by atoms with Crippen LogP contribution in [0.4, 0.5) is 0 Å². The fraction of sp³-hybridized carbons (Fsp3) is 0.476. The van der Waals surface area contributed by atoms with E-state index in [0.29, 0.717) is 32.6 Å². The Kier molecular flexibility index (Phi) is 8.85. The highest BCUT2D eigenvalue weighted by Gasteiger charge is 2.28. The van der Waals surface area contributed by atoms with Gasteiger partial charge in [0.05, 0.1) is 13.2 Å². The number of terminal acetylenes is 1. The summed E-state index contributed by atoms with van der Waals surface area (Å²) in [7, 11) is 1.58. The van der Waals surface area contributed by atoms with E-state index in [-0.39, 0.29) is 24.2 Å². The van der Waals surface area contributed by atoms with Crippen LogP contribution < -0.4 is 5.32 Å². The fourth-order valence-corrected chi connectivity index (χ4v) is 2.76. The maximum atomic E-state index is 12.4. The van der Waals surface area contributed by atoms with Crippen LogP contribution in [0, 0.1) is 12.3 Å². The van der Waals surface area contributed by atoms with E-state index >= 15 is 0 Å². The molecule has 1 aromatic rings. The third kappa shape index (κ3) is 6.72. The Hall–Kier alpha value is -2.33. The van der Waals surface area contributed by atoms with Crippen LogP contribution in [0.3, 0.4) is 0 Å². The van der Waals surface area contributed by atoms with Crippen molar-refractivity contribution in [2.45, 2.75) is 31.5 Å². The molecule has 27 heavy (non-hydrogen) atoms. The Labute approximate surface area is 160 Å². The molecule has 0 fully saturated rings. The molecule has 0 saturated carbocycles. The summed E-state index contributed by atoms with van der Waals surface area (Å²) < 4.78 is 16.5. The number of aliphatic hydroxyl groups excluding tert-OH is 1. The lowest BCUT2D eigenvalue weighted by Crippen LogP contribution is -2.34. The molecule has 6 nitrogen and oxygen atoms in total. The Morgan fingerprint density at radius 2 is 2.11 bits per heavy atom. The molecule has 1 heterocycles. The van der Waals surface area contributed by atoms with Crippen molar-refractivity contribution in [3.63, 3.8) is 0 Å². The number of methoxy groups -OCH3 is 1. The zero-order chi connectivity index (χ0) is 19.5. The number of ether oxygens (including phenoxy) is 3. The van der Waals surface area contributed by atoms with Crippen molar-refractivity contribution < 1.29 is 24.1 Å². The highest BCUT2D eigenvalue weighted by atomic mass is 16.7. The molecule has 1 aliphatic heterocycles. The second-order valence-electron chi connectivity index (χ2n) is 6.24. The quantitative estimate of drug-likeness (QED) is 0.484. The van der Waals surface area contributed by atoms with Crippen LogP contribution in [0.15, 0.2) is 36.1 Å². The minimum absolute atomic E-state index is 0.0170. The van der Waals surface area contributed by atoms with Crippen LogP contribution in [-0.2, 0) is 19.0 Å². The van der Waals surface area contributed by atoms with E-state index in [0.717, 1.165) is 17.5 Å². The number of nitrogens with one attached hydrogen (secondary N) is 1. The number of rotatable bonds is 10. The summed E-state index contributed by atoms with van der Waals surface area (Å²) in [6.45, 7) is 1.43. The maximum absolute atomic E-state index is 12.4. The Balaban J connectivity index is 2.09. The van der Waals surface area contributed by atoms with Gasteiger partial charge in [0.15, 0.2) is 5.76 Å². The van der Waals surface area contributed by atoms with Crippen molar-refractivity contribution >= 4 is 5.91 Å². The molecule has 0 aromatic heterocycles. The lowest BCUT2D eigenvalue weighted by Gasteiger charge is -2.29. The number of carbonyl (C=O) groups is 1. The lowest BCUT2D eigenvalue weighted by molar-refractivity contribution is -0.146. The molecule has 0 bridgehead atoms. The Bertz CT molecular complexity index is 662. The molecule has 1 aromatic carbocycles. The standard InChI is InChI=1S/C21H27NO5/c1-3-16-6-8-17(9-7-16)18-14-19(21(24)22-10-13-25-2)27-20(15-18)26-12-5-4-11-23/h1,6-9,14,18,20,23H,4-5,10-13,15H2,2H3,(H,22,24)/t18-,20+/m1/s1. The topological polar surface area (TPSA) is 77.0 Å². The maximum Gasteiger partial charge on any atom is 0.286 e. The van der Waals surface area contributed by atoms with Crippen LogP contribution in [0.2, 0.25) is 0 Å². The first-order valence-corrected chi connectivity index (χ1v) is 9.12. The van der Waals surface area contributed by atoms with Crippen LogP contribution in [-0.4, -0.2) is 50.8 Å². The number of allylic oxidation sites excluding steroid dienone is 1. The molecule has 0 unspecified atom stereocenters. The molecule has 0 saturated heterocycles. The molecular weight excluding hydrogens is 346 g/mol. The summed E-state index contributed by atoms with van der Waals surface area (Å²) in [6, 6.07) is 7.69. The van der Waals surface area contributed by atoms with Crippen LogP contribution in [0.25, 0.3) is 0 Å². The normalized spacial score (nSPS) is 18.9. The van der Waals surface area contributed by atoms with Crippen molar-refractivity contribution in [1.29, 1.82) is 0 Å². The van der Waals surface area contributed by atoms with E-state index < -0.39 is 6.29 Å². The van der Waals surface area contributed by atoms with Gasteiger partial charge >= 0.3 is 0 Å². The van der Waals surface area contributed by atoms with Gasteiger partial charge in [-0.1, -0.05) is 18.1 Å². The first kappa shape index (κ1) is 21.0. The second kappa shape index (κ2) is 11.4. The van der Waals surface area contributed by atoms with Gasteiger partial charge < -0.3 is 24.6 Å². The van der Waals surface area contributed by atoms with E-state index in [2.05, 4.69) is 11.2 Å². The van der Waals surface area contributed by atoms with E-state index in [9.17, 15) is 4.79 Å². The molecule has 0 spiro atoms. The highest BCUT2D eigenvalue weighted by molar-refractivity contribution is 5.91. The first-order valence-electron chi connectivity index (χ1n) is 9.12. The minimum Gasteiger partial charge on any atom is -0.459 e. The molecule has 0 radical (unpaired) electrons. The van der Waals surface area contributed by atoms with Gasteiger partial charge in [-0.25, -0.2) is 0 Å². The predicted octanol–water partition coefficient (Wildman–Crippen LogP) is 1.93. The number of unbranched alkanes of at least 4 members (excludes halogenated alkanes) is 1. The summed E-state index contributed by atoms with van der Waals surface area (Å²) in [5.41, 5.74) is 1.85. The Morgan fingerprint density at radius 1 is 1.33 bits per heavy atom. The van der Waals surface area contributed by atoms with E-state index in [1.807, 2.05) is 30.3 Å². The number of carbonyl (C=O) groups excluding carboxylic acids is 1. The smallest absolute Gasteiger partial charge is 0.286 e. The third-order valence-electron chi connectivity index (χ3n) is 4.23.